The Morgan fingerprint density at radius 2 is 1.58 bits per heavy atom. The molecule has 0 unspecified atom stereocenters. The summed E-state index contributed by atoms with van der Waals surface area (Å²) in [6.07, 6.45) is 0.340. The molecular formula is C34H41F3N4O2. The van der Waals surface area contributed by atoms with Crippen LogP contribution in [-0.2, 0) is 24.1 Å². The molecule has 3 aromatic carbocycles. The van der Waals surface area contributed by atoms with E-state index in [1.807, 2.05) is 41.3 Å². The lowest BCUT2D eigenvalue weighted by atomic mass is 10.0. The average Bonchev–Trinajstić information content (AvgIpc) is 3.00. The van der Waals surface area contributed by atoms with Gasteiger partial charge in [-0.15, -0.1) is 0 Å². The first-order chi connectivity index (χ1) is 20.5. The van der Waals surface area contributed by atoms with Gasteiger partial charge in [0, 0.05) is 42.1 Å². The molecule has 0 radical (unpaired) electrons. The van der Waals surface area contributed by atoms with Gasteiger partial charge in [0.05, 0.1) is 5.56 Å². The van der Waals surface area contributed by atoms with E-state index >= 15 is 0 Å². The topological polar surface area (TPSA) is 59.0 Å². The van der Waals surface area contributed by atoms with Crippen molar-refractivity contribution in [1.29, 1.82) is 0 Å². The molecule has 0 bridgehead atoms. The molecule has 1 saturated heterocycles. The van der Waals surface area contributed by atoms with Crippen molar-refractivity contribution in [3.63, 3.8) is 0 Å². The molecule has 9 heteroatoms. The molecule has 0 aliphatic carbocycles. The van der Waals surface area contributed by atoms with Crippen LogP contribution in [0.2, 0.25) is 0 Å². The zero-order chi connectivity index (χ0) is 31.0. The van der Waals surface area contributed by atoms with Crippen molar-refractivity contribution in [3.05, 3.63) is 95.1 Å². The lowest BCUT2D eigenvalue weighted by Gasteiger charge is -2.37. The lowest BCUT2D eigenvalue weighted by Crippen LogP contribution is -2.45. The number of amides is 1. The summed E-state index contributed by atoms with van der Waals surface area (Å²) in [6.45, 7) is 8.88. The Morgan fingerprint density at radius 3 is 2.19 bits per heavy atom. The Labute approximate surface area is 252 Å². The van der Waals surface area contributed by atoms with E-state index in [4.69, 9.17) is 0 Å². The van der Waals surface area contributed by atoms with Crippen LogP contribution in [0.4, 0.5) is 24.5 Å². The molecule has 0 atom stereocenters. The average molecular weight is 595 g/mol. The number of carbonyl (C=O) groups excluding carboxylic acids is 1. The number of phenolic OH excluding ortho intramolecular Hbond substituents is 1. The molecule has 4 rings (SSSR count). The van der Waals surface area contributed by atoms with Crippen LogP contribution in [0.15, 0.2) is 72.8 Å². The minimum absolute atomic E-state index is 0.0694. The summed E-state index contributed by atoms with van der Waals surface area (Å²) in [5, 5.41) is 13.7. The third kappa shape index (κ3) is 9.08. The van der Waals surface area contributed by atoms with Crippen LogP contribution in [0.25, 0.3) is 6.08 Å². The summed E-state index contributed by atoms with van der Waals surface area (Å²) in [5.74, 6) is 0.111. The second-order valence-electron chi connectivity index (χ2n) is 11.1. The van der Waals surface area contributed by atoms with Crippen LogP contribution in [-0.4, -0.2) is 65.0 Å². The monoisotopic (exact) mass is 594 g/mol. The number of hydrogen-bond acceptors (Lipinski definition) is 5. The number of hydrogen-bond donors (Lipinski definition) is 2. The Bertz CT molecular complexity index is 1360. The van der Waals surface area contributed by atoms with Crippen molar-refractivity contribution in [2.75, 3.05) is 38.5 Å². The molecule has 2 N–H and O–H groups in total. The molecule has 1 heterocycles. The number of rotatable bonds is 11. The number of halogens is 3. The maximum Gasteiger partial charge on any atom is 0.416 e. The molecule has 1 aliphatic rings. The van der Waals surface area contributed by atoms with E-state index in [1.165, 1.54) is 18.2 Å². The van der Waals surface area contributed by atoms with Crippen molar-refractivity contribution in [1.82, 2.24) is 14.7 Å². The van der Waals surface area contributed by atoms with Gasteiger partial charge in [0.1, 0.15) is 5.75 Å². The van der Waals surface area contributed by atoms with E-state index in [0.29, 0.717) is 18.7 Å². The second-order valence-corrected chi connectivity index (χ2v) is 11.1. The molecule has 6 nitrogen and oxygen atoms in total. The summed E-state index contributed by atoms with van der Waals surface area (Å²) in [4.78, 5) is 19.8. The van der Waals surface area contributed by atoms with Gasteiger partial charge in [0.25, 0.3) is 0 Å². The fraction of sp³-hybridized carbons (Fsp3) is 0.382. The summed E-state index contributed by atoms with van der Waals surface area (Å²) in [5.41, 5.74) is 3.43. The highest BCUT2D eigenvalue weighted by Crippen LogP contribution is 2.30. The molecule has 1 aliphatic heterocycles. The maximum atomic E-state index is 13.4. The van der Waals surface area contributed by atoms with Gasteiger partial charge in [-0.1, -0.05) is 38.1 Å². The zero-order valence-corrected chi connectivity index (χ0v) is 25.1. The fourth-order valence-electron chi connectivity index (χ4n) is 5.27. The highest BCUT2D eigenvalue weighted by Gasteiger charge is 2.30. The van der Waals surface area contributed by atoms with Crippen LogP contribution >= 0.6 is 0 Å². The molecule has 1 fully saturated rings. The van der Waals surface area contributed by atoms with Crippen molar-refractivity contribution in [3.8, 4) is 5.75 Å². The third-order valence-electron chi connectivity index (χ3n) is 8.03. The number of piperidine rings is 1. The Kier molecular flexibility index (Phi) is 10.9. The van der Waals surface area contributed by atoms with E-state index in [9.17, 15) is 23.1 Å². The van der Waals surface area contributed by atoms with Gasteiger partial charge >= 0.3 is 6.18 Å². The molecule has 1 amide bonds. The summed E-state index contributed by atoms with van der Waals surface area (Å²) in [6, 6.07) is 18.3. The molecule has 230 valence electrons. The predicted octanol–water partition coefficient (Wildman–Crippen LogP) is 7.13. The number of carbonyl (C=O) groups is 1. The number of nitrogens with one attached hydrogen (secondary N) is 1. The van der Waals surface area contributed by atoms with E-state index in [2.05, 4.69) is 36.0 Å². The van der Waals surface area contributed by atoms with E-state index < -0.39 is 11.7 Å². The van der Waals surface area contributed by atoms with Gasteiger partial charge in [0.15, 0.2) is 0 Å². The van der Waals surface area contributed by atoms with Crippen LogP contribution in [0.5, 0.6) is 5.75 Å². The molecular weight excluding hydrogens is 553 g/mol. The van der Waals surface area contributed by atoms with Gasteiger partial charge < -0.3 is 20.2 Å². The first-order valence-corrected chi connectivity index (χ1v) is 14.8. The lowest BCUT2D eigenvalue weighted by molar-refractivity contribution is -0.137. The number of alkyl halides is 3. The van der Waals surface area contributed by atoms with Gasteiger partial charge in [-0.25, -0.2) is 0 Å². The quantitative estimate of drug-likeness (QED) is 0.183. The number of phenols is 1. The molecule has 43 heavy (non-hydrogen) atoms. The first-order valence-electron chi connectivity index (χ1n) is 14.8. The third-order valence-corrected chi connectivity index (χ3v) is 8.03. The van der Waals surface area contributed by atoms with Crippen molar-refractivity contribution in [2.45, 2.75) is 52.0 Å². The first kappa shape index (κ1) is 32.1. The SMILES string of the molecule is CCN(CC)Cc1cc(Nc2ccc(CN(C(=O)C=Cc3ccc(C(F)(F)F)cc3)C3CCN(C)CC3)cc2)ccc1O. The Hall–Kier alpha value is -3.82. The van der Waals surface area contributed by atoms with Crippen molar-refractivity contribution in [2.24, 2.45) is 0 Å². The van der Waals surface area contributed by atoms with Gasteiger partial charge in [-0.2, -0.15) is 13.2 Å². The van der Waals surface area contributed by atoms with Gasteiger partial charge in [-0.3, -0.25) is 9.69 Å². The minimum atomic E-state index is -4.40. The van der Waals surface area contributed by atoms with Crippen LogP contribution in [0.3, 0.4) is 0 Å². The number of nitrogens with zero attached hydrogens (tertiary/aromatic N) is 3. The number of aromatic hydroxyl groups is 1. The minimum Gasteiger partial charge on any atom is -0.508 e. The van der Waals surface area contributed by atoms with E-state index in [0.717, 1.165) is 73.7 Å². The Morgan fingerprint density at radius 1 is 0.953 bits per heavy atom. The van der Waals surface area contributed by atoms with E-state index in [1.54, 1.807) is 12.1 Å². The number of benzene rings is 3. The highest BCUT2D eigenvalue weighted by molar-refractivity contribution is 5.92. The zero-order valence-electron chi connectivity index (χ0n) is 25.1. The summed E-state index contributed by atoms with van der Waals surface area (Å²) >= 11 is 0. The van der Waals surface area contributed by atoms with Crippen molar-refractivity contribution < 1.29 is 23.1 Å². The summed E-state index contributed by atoms with van der Waals surface area (Å²) < 4.78 is 38.7. The van der Waals surface area contributed by atoms with Crippen LogP contribution in [0, 0.1) is 0 Å². The molecule has 0 saturated carbocycles. The summed E-state index contributed by atoms with van der Waals surface area (Å²) in [7, 11) is 2.07. The fourth-order valence-corrected chi connectivity index (χ4v) is 5.27. The second kappa shape index (κ2) is 14.6. The normalized spacial score (nSPS) is 14.9. The molecule has 0 spiro atoms. The van der Waals surface area contributed by atoms with Gasteiger partial charge in [0.2, 0.25) is 5.91 Å². The molecule has 3 aromatic rings. The smallest absolute Gasteiger partial charge is 0.416 e. The maximum absolute atomic E-state index is 13.4. The number of likely N-dealkylation sites (tertiary alicyclic amines) is 1. The largest absolute Gasteiger partial charge is 0.508 e. The van der Waals surface area contributed by atoms with E-state index in [-0.39, 0.29) is 17.7 Å². The van der Waals surface area contributed by atoms with Crippen LogP contribution in [0.1, 0.15) is 48.9 Å². The predicted molar refractivity (Wildman–Crippen MR) is 166 cm³/mol. The van der Waals surface area contributed by atoms with Crippen LogP contribution < -0.4 is 5.32 Å². The highest BCUT2D eigenvalue weighted by atomic mass is 19.4. The molecule has 0 aromatic heterocycles. The number of anilines is 2. The van der Waals surface area contributed by atoms with Gasteiger partial charge in [-0.05, 0) is 106 Å². The Balaban J connectivity index is 1.46. The van der Waals surface area contributed by atoms with Crippen molar-refractivity contribution >= 4 is 23.4 Å². The standard InChI is InChI=1S/C34H41F3N4O2/c1-4-40(5-2)24-27-22-30(15-16-32(27)42)38-29-13-8-26(9-14-29)23-41(31-18-20-39(3)21-19-31)33(43)17-10-25-6-11-28(12-7-25)34(35,36)37/h6-17,22,31,38,42H,4-5,18-21,23-24H2,1-3H3.